The second kappa shape index (κ2) is 10.4. The second-order valence-electron chi connectivity index (χ2n) is 7.32. The van der Waals surface area contributed by atoms with Gasteiger partial charge in [-0.25, -0.2) is 8.78 Å². The van der Waals surface area contributed by atoms with Crippen molar-refractivity contribution in [3.63, 3.8) is 0 Å². The van der Waals surface area contributed by atoms with Crippen LogP contribution in [0.25, 0.3) is 0 Å². The fourth-order valence-electron chi connectivity index (χ4n) is 3.04. The highest BCUT2D eigenvalue weighted by molar-refractivity contribution is 5.48. The van der Waals surface area contributed by atoms with E-state index in [1.807, 2.05) is 49.4 Å². The minimum absolute atomic E-state index is 0.188. The third-order valence-corrected chi connectivity index (χ3v) is 4.80. The van der Waals surface area contributed by atoms with Crippen LogP contribution >= 0.6 is 0 Å². The van der Waals surface area contributed by atoms with Crippen LogP contribution in [-0.4, -0.2) is 0 Å². The number of aryl methyl sites for hydroxylation is 2. The highest BCUT2D eigenvalue weighted by Gasteiger charge is 2.02. The number of hydrogen-bond acceptors (Lipinski definition) is 0. The van der Waals surface area contributed by atoms with Gasteiger partial charge in [-0.2, -0.15) is 0 Å². The third kappa shape index (κ3) is 6.07. The maximum absolute atomic E-state index is 14.2. The first-order valence-electron chi connectivity index (χ1n) is 10.2. The quantitative estimate of drug-likeness (QED) is 0.335. The Morgan fingerprint density at radius 2 is 1.30 bits per heavy atom. The smallest absolute Gasteiger partial charge is 0.139 e. The van der Waals surface area contributed by atoms with Gasteiger partial charge in [0.1, 0.15) is 11.6 Å². The molecule has 0 aromatic heterocycles. The Hall–Kier alpha value is -3.36. The van der Waals surface area contributed by atoms with Crippen LogP contribution in [0.1, 0.15) is 59.6 Å². The van der Waals surface area contributed by atoms with Crippen molar-refractivity contribution < 1.29 is 8.78 Å². The molecule has 0 unspecified atom stereocenters. The maximum atomic E-state index is 14.2. The Kier molecular flexibility index (Phi) is 7.42. The number of halogens is 2. The monoisotopic (exact) mass is 398 g/mol. The second-order valence-corrected chi connectivity index (χ2v) is 7.32. The lowest BCUT2D eigenvalue weighted by Gasteiger charge is -2.03. The highest BCUT2D eigenvalue weighted by atomic mass is 19.1. The van der Waals surface area contributed by atoms with E-state index in [2.05, 4.69) is 30.6 Å². The molecule has 3 aromatic rings. The molecule has 0 spiro atoms. The zero-order chi connectivity index (χ0) is 21.3. The molecule has 0 amide bonds. The zero-order valence-corrected chi connectivity index (χ0v) is 17.4. The number of benzene rings is 3. The first-order chi connectivity index (χ1) is 14.5. The molecule has 0 saturated heterocycles. The Bertz CT molecular complexity index is 1130. The standard InChI is InChI=1S/C28H24F2/c1-3-4-5-6-25-18-15-24(20-28(25)30)13-12-22-8-10-23(11-9-22)14-17-26-16-7-21(2)19-27(26)29/h7-11,15-16,18-20H,3-6H2,1-2H3. The number of rotatable bonds is 4. The largest absolute Gasteiger partial charge is 0.207 e. The van der Waals surface area contributed by atoms with Crippen LogP contribution in [0.3, 0.4) is 0 Å². The number of unbranched alkanes of at least 4 members (excludes halogenated alkanes) is 2. The van der Waals surface area contributed by atoms with Gasteiger partial charge in [0.05, 0.1) is 5.56 Å². The normalized spacial score (nSPS) is 10.0. The molecular formula is C28H24F2. The third-order valence-electron chi connectivity index (χ3n) is 4.80. The predicted octanol–water partition coefficient (Wildman–Crippen LogP) is 6.81. The average Bonchev–Trinajstić information content (AvgIpc) is 2.74. The molecule has 2 heteroatoms. The van der Waals surface area contributed by atoms with Gasteiger partial charge >= 0.3 is 0 Å². The lowest BCUT2D eigenvalue weighted by Crippen LogP contribution is -1.92. The van der Waals surface area contributed by atoms with Gasteiger partial charge in [-0.05, 0) is 79.4 Å². The highest BCUT2D eigenvalue weighted by Crippen LogP contribution is 2.14. The van der Waals surface area contributed by atoms with Crippen LogP contribution in [0.2, 0.25) is 0 Å². The van der Waals surface area contributed by atoms with Gasteiger partial charge in [0.15, 0.2) is 0 Å². The van der Waals surface area contributed by atoms with Gasteiger partial charge < -0.3 is 0 Å². The van der Waals surface area contributed by atoms with Crippen LogP contribution in [0.4, 0.5) is 8.78 Å². The Morgan fingerprint density at radius 3 is 1.93 bits per heavy atom. The average molecular weight is 398 g/mol. The van der Waals surface area contributed by atoms with Crippen LogP contribution in [0.5, 0.6) is 0 Å². The van der Waals surface area contributed by atoms with Crippen molar-refractivity contribution in [1.29, 1.82) is 0 Å². The van der Waals surface area contributed by atoms with Crippen molar-refractivity contribution in [3.8, 4) is 23.7 Å². The van der Waals surface area contributed by atoms with Gasteiger partial charge in [0.25, 0.3) is 0 Å². The van der Waals surface area contributed by atoms with Crippen molar-refractivity contribution >= 4 is 0 Å². The van der Waals surface area contributed by atoms with Crippen molar-refractivity contribution in [2.75, 3.05) is 0 Å². The van der Waals surface area contributed by atoms with E-state index >= 15 is 0 Å². The van der Waals surface area contributed by atoms with Gasteiger partial charge in [0, 0.05) is 16.7 Å². The van der Waals surface area contributed by atoms with E-state index in [-0.39, 0.29) is 11.6 Å². The van der Waals surface area contributed by atoms with Crippen LogP contribution < -0.4 is 0 Å². The van der Waals surface area contributed by atoms with Crippen molar-refractivity contribution in [3.05, 3.63) is 106 Å². The maximum Gasteiger partial charge on any atom is 0.139 e. The molecule has 0 aliphatic rings. The van der Waals surface area contributed by atoms with E-state index in [0.29, 0.717) is 11.1 Å². The molecular weight excluding hydrogens is 374 g/mol. The Balaban J connectivity index is 1.68. The fourth-order valence-corrected chi connectivity index (χ4v) is 3.04. The Morgan fingerprint density at radius 1 is 0.667 bits per heavy atom. The summed E-state index contributed by atoms with van der Waals surface area (Å²) < 4.78 is 28.1. The predicted molar refractivity (Wildman–Crippen MR) is 119 cm³/mol. The molecule has 0 radical (unpaired) electrons. The summed E-state index contributed by atoms with van der Waals surface area (Å²) in [5.41, 5.74) is 4.25. The van der Waals surface area contributed by atoms with E-state index in [9.17, 15) is 8.78 Å². The summed E-state index contributed by atoms with van der Waals surface area (Å²) in [6.07, 6.45) is 4.01. The molecule has 0 atom stereocenters. The molecule has 0 aliphatic carbocycles. The van der Waals surface area contributed by atoms with Gasteiger partial charge in [-0.1, -0.05) is 55.6 Å². The topological polar surface area (TPSA) is 0 Å². The molecule has 0 heterocycles. The van der Waals surface area contributed by atoms with Crippen molar-refractivity contribution in [2.24, 2.45) is 0 Å². The summed E-state index contributed by atoms with van der Waals surface area (Å²) in [5, 5.41) is 0. The van der Waals surface area contributed by atoms with Gasteiger partial charge in [0.2, 0.25) is 0 Å². The van der Waals surface area contributed by atoms with Crippen molar-refractivity contribution in [2.45, 2.75) is 39.5 Å². The molecule has 3 rings (SSSR count). The number of hydrogen-bond donors (Lipinski definition) is 0. The van der Waals surface area contributed by atoms with Crippen LogP contribution in [0.15, 0.2) is 60.7 Å². The fraction of sp³-hybridized carbons (Fsp3) is 0.214. The van der Waals surface area contributed by atoms with E-state index in [1.54, 1.807) is 6.07 Å². The van der Waals surface area contributed by atoms with E-state index in [1.165, 1.54) is 12.1 Å². The minimum atomic E-state index is -0.311. The molecule has 0 saturated carbocycles. The molecule has 0 N–H and O–H groups in total. The minimum Gasteiger partial charge on any atom is -0.207 e. The van der Waals surface area contributed by atoms with E-state index in [0.717, 1.165) is 47.9 Å². The van der Waals surface area contributed by atoms with Crippen LogP contribution in [-0.2, 0) is 6.42 Å². The molecule has 0 nitrogen and oxygen atoms in total. The van der Waals surface area contributed by atoms with Gasteiger partial charge in [-0.15, -0.1) is 0 Å². The van der Waals surface area contributed by atoms with Gasteiger partial charge in [-0.3, -0.25) is 0 Å². The lowest BCUT2D eigenvalue weighted by molar-refractivity contribution is 0.598. The summed E-state index contributed by atoms with van der Waals surface area (Å²) in [7, 11) is 0. The Labute approximate surface area is 178 Å². The summed E-state index contributed by atoms with van der Waals surface area (Å²) in [6, 6.07) is 17.6. The summed E-state index contributed by atoms with van der Waals surface area (Å²) >= 11 is 0. The van der Waals surface area contributed by atoms with Crippen LogP contribution in [0, 0.1) is 42.2 Å². The molecule has 150 valence electrons. The lowest BCUT2D eigenvalue weighted by atomic mass is 10.0. The van der Waals surface area contributed by atoms with E-state index < -0.39 is 0 Å². The molecule has 0 bridgehead atoms. The summed E-state index contributed by atoms with van der Waals surface area (Å²) in [5.74, 6) is 11.4. The summed E-state index contributed by atoms with van der Waals surface area (Å²) in [6.45, 7) is 3.98. The first-order valence-corrected chi connectivity index (χ1v) is 10.2. The zero-order valence-electron chi connectivity index (χ0n) is 17.4. The molecule has 0 fully saturated rings. The first kappa shape index (κ1) is 21.4. The molecule has 3 aromatic carbocycles. The SMILES string of the molecule is CCCCCc1ccc(C#Cc2ccc(C#Cc3ccc(C)cc3F)cc2)cc1F. The molecule has 0 aliphatic heterocycles. The molecule has 30 heavy (non-hydrogen) atoms. The van der Waals surface area contributed by atoms with Crippen molar-refractivity contribution in [1.82, 2.24) is 0 Å². The van der Waals surface area contributed by atoms with E-state index in [4.69, 9.17) is 0 Å². The summed E-state index contributed by atoms with van der Waals surface area (Å²) in [4.78, 5) is 0.